The topological polar surface area (TPSA) is 90.8 Å². The molecule has 19 heavy (non-hydrogen) atoms. The molecule has 0 saturated carbocycles. The number of nitrogens with one attached hydrogen (secondary N) is 1. The zero-order valence-electron chi connectivity index (χ0n) is 11.1. The van der Waals surface area contributed by atoms with Crippen LogP contribution in [-0.4, -0.2) is 32.0 Å². The zero-order chi connectivity index (χ0) is 13.8. The monoisotopic (exact) mass is 262 g/mol. The number of amides is 1. The summed E-state index contributed by atoms with van der Waals surface area (Å²) in [6.07, 6.45) is 4.44. The minimum Gasteiger partial charge on any atom is -0.395 e. The van der Waals surface area contributed by atoms with Gasteiger partial charge in [-0.1, -0.05) is 0 Å². The molecule has 1 amide bonds. The zero-order valence-corrected chi connectivity index (χ0v) is 11.1. The van der Waals surface area contributed by atoms with E-state index in [0.717, 1.165) is 13.0 Å². The largest absolute Gasteiger partial charge is 0.395 e. The number of aromatic nitrogens is 4. The Bertz CT molecular complexity index is 557. The first-order chi connectivity index (χ1) is 9.09. The number of nitrogens with two attached hydrogens (primary N) is 1. The number of hydrogen-bond acceptors (Lipinski definition) is 4. The highest BCUT2D eigenvalue weighted by Crippen LogP contribution is 2.14. The van der Waals surface area contributed by atoms with Crippen LogP contribution in [0.4, 0.5) is 5.69 Å². The van der Waals surface area contributed by atoms with Gasteiger partial charge in [0.15, 0.2) is 0 Å². The van der Waals surface area contributed by atoms with Gasteiger partial charge in [-0.25, -0.2) is 0 Å². The molecule has 2 rings (SSSR count). The Kier molecular flexibility index (Phi) is 3.84. The van der Waals surface area contributed by atoms with Crippen LogP contribution in [0.3, 0.4) is 0 Å². The van der Waals surface area contributed by atoms with Crippen molar-refractivity contribution in [3.05, 3.63) is 29.8 Å². The fraction of sp³-hybridized carbons (Fsp3) is 0.417. The molecule has 0 aromatic carbocycles. The van der Waals surface area contributed by atoms with E-state index >= 15 is 0 Å². The van der Waals surface area contributed by atoms with Gasteiger partial charge in [-0.2, -0.15) is 10.2 Å². The molecular weight excluding hydrogens is 244 g/mol. The highest BCUT2D eigenvalue weighted by Gasteiger charge is 2.17. The first-order valence-electron chi connectivity index (χ1n) is 6.14. The van der Waals surface area contributed by atoms with Gasteiger partial charge in [0.2, 0.25) is 0 Å². The summed E-state index contributed by atoms with van der Waals surface area (Å²) in [5, 5.41) is 11.0. The van der Waals surface area contributed by atoms with Crippen molar-refractivity contribution in [3.8, 4) is 0 Å². The Labute approximate surface area is 111 Å². The van der Waals surface area contributed by atoms with E-state index in [4.69, 9.17) is 5.73 Å². The molecule has 0 aliphatic heterocycles. The van der Waals surface area contributed by atoms with Gasteiger partial charge in [0.05, 0.1) is 11.4 Å². The normalized spacial score (nSPS) is 10.6. The summed E-state index contributed by atoms with van der Waals surface area (Å²) in [6, 6.07) is 1.87. The second-order valence-electron chi connectivity index (χ2n) is 4.35. The van der Waals surface area contributed by atoms with E-state index in [1.54, 1.807) is 20.2 Å². The van der Waals surface area contributed by atoms with Crippen molar-refractivity contribution in [2.24, 2.45) is 7.05 Å². The van der Waals surface area contributed by atoms with E-state index < -0.39 is 0 Å². The third kappa shape index (κ3) is 2.93. The summed E-state index contributed by atoms with van der Waals surface area (Å²) in [5.41, 5.74) is 7.35. The van der Waals surface area contributed by atoms with Gasteiger partial charge in [0.25, 0.3) is 5.91 Å². The van der Waals surface area contributed by atoms with Gasteiger partial charge in [0.1, 0.15) is 5.69 Å². The molecule has 0 radical (unpaired) electrons. The van der Waals surface area contributed by atoms with Crippen LogP contribution in [0.15, 0.2) is 18.5 Å². The Morgan fingerprint density at radius 1 is 1.53 bits per heavy atom. The fourth-order valence-corrected chi connectivity index (χ4v) is 1.90. The molecule has 0 atom stereocenters. The third-order valence-electron chi connectivity index (χ3n) is 2.89. The van der Waals surface area contributed by atoms with Crippen molar-refractivity contribution < 1.29 is 4.79 Å². The van der Waals surface area contributed by atoms with Gasteiger partial charge < -0.3 is 11.1 Å². The molecule has 2 heterocycles. The van der Waals surface area contributed by atoms with E-state index in [0.29, 0.717) is 23.6 Å². The summed E-state index contributed by atoms with van der Waals surface area (Å²) < 4.78 is 3.34. The lowest BCUT2D eigenvalue weighted by molar-refractivity contribution is 0.0944. The Balaban J connectivity index is 1.84. The van der Waals surface area contributed by atoms with Crippen LogP contribution in [0.2, 0.25) is 0 Å². The van der Waals surface area contributed by atoms with Gasteiger partial charge in [-0.3, -0.25) is 14.2 Å². The highest BCUT2D eigenvalue weighted by atomic mass is 16.2. The summed E-state index contributed by atoms with van der Waals surface area (Å²) in [5.74, 6) is -0.193. The molecule has 0 aliphatic rings. The lowest BCUT2D eigenvalue weighted by atomic mass is 10.3. The molecule has 7 heteroatoms. The number of hydrogen-bond donors (Lipinski definition) is 2. The van der Waals surface area contributed by atoms with Gasteiger partial charge in [-0.05, 0) is 19.4 Å². The Morgan fingerprint density at radius 3 is 2.89 bits per heavy atom. The van der Waals surface area contributed by atoms with E-state index in [9.17, 15) is 4.79 Å². The van der Waals surface area contributed by atoms with E-state index in [-0.39, 0.29) is 5.91 Å². The molecule has 3 N–H and O–H groups in total. The van der Waals surface area contributed by atoms with Crippen molar-refractivity contribution in [2.75, 3.05) is 12.3 Å². The highest BCUT2D eigenvalue weighted by molar-refractivity contribution is 5.97. The maximum Gasteiger partial charge on any atom is 0.271 e. The lowest BCUT2D eigenvalue weighted by Gasteiger charge is -2.06. The lowest BCUT2D eigenvalue weighted by Crippen LogP contribution is -2.28. The summed E-state index contributed by atoms with van der Waals surface area (Å²) >= 11 is 0. The van der Waals surface area contributed by atoms with Crippen LogP contribution in [0.5, 0.6) is 0 Å². The molecule has 7 nitrogen and oxygen atoms in total. The summed E-state index contributed by atoms with van der Waals surface area (Å²) in [4.78, 5) is 12.0. The van der Waals surface area contributed by atoms with Crippen molar-refractivity contribution in [1.82, 2.24) is 24.9 Å². The van der Waals surface area contributed by atoms with Crippen molar-refractivity contribution in [2.45, 2.75) is 19.9 Å². The van der Waals surface area contributed by atoms with Crippen molar-refractivity contribution in [3.63, 3.8) is 0 Å². The molecule has 0 spiro atoms. The summed E-state index contributed by atoms with van der Waals surface area (Å²) in [6.45, 7) is 3.12. The number of aryl methyl sites for hydroxylation is 3. The average molecular weight is 262 g/mol. The quantitative estimate of drug-likeness (QED) is 0.760. The van der Waals surface area contributed by atoms with Gasteiger partial charge in [0, 0.05) is 32.5 Å². The van der Waals surface area contributed by atoms with Crippen LogP contribution in [0.25, 0.3) is 0 Å². The van der Waals surface area contributed by atoms with Gasteiger partial charge in [-0.15, -0.1) is 0 Å². The fourth-order valence-electron chi connectivity index (χ4n) is 1.90. The number of nitrogen functional groups attached to an aromatic ring is 1. The molecule has 102 valence electrons. The molecule has 0 unspecified atom stereocenters. The number of carbonyl (C=O) groups is 1. The molecule has 0 aliphatic carbocycles. The minimum absolute atomic E-state index is 0.193. The molecule has 2 aromatic rings. The van der Waals surface area contributed by atoms with Gasteiger partial charge >= 0.3 is 0 Å². The molecule has 0 bridgehead atoms. The second-order valence-corrected chi connectivity index (χ2v) is 4.35. The van der Waals surface area contributed by atoms with E-state index in [1.807, 2.05) is 16.9 Å². The Morgan fingerprint density at radius 2 is 2.32 bits per heavy atom. The number of nitrogens with zero attached hydrogens (tertiary/aromatic N) is 4. The third-order valence-corrected chi connectivity index (χ3v) is 2.89. The standard InChI is InChI=1S/C12H18N6O/c1-9-10(13)11(17(2)16-9)12(19)14-5-3-7-18-8-4-6-15-18/h4,6,8H,3,5,7,13H2,1-2H3,(H,14,19). The van der Waals surface area contributed by atoms with Crippen molar-refractivity contribution >= 4 is 11.6 Å². The predicted molar refractivity (Wildman–Crippen MR) is 71.5 cm³/mol. The SMILES string of the molecule is Cc1nn(C)c(C(=O)NCCCn2cccn2)c1N. The van der Waals surface area contributed by atoms with E-state index in [1.165, 1.54) is 4.68 Å². The van der Waals surface area contributed by atoms with Crippen LogP contribution >= 0.6 is 0 Å². The number of rotatable bonds is 5. The summed E-state index contributed by atoms with van der Waals surface area (Å²) in [7, 11) is 1.71. The van der Waals surface area contributed by atoms with Crippen molar-refractivity contribution in [1.29, 1.82) is 0 Å². The predicted octanol–water partition coefficient (Wildman–Crippen LogP) is 0.327. The average Bonchev–Trinajstić information content (AvgIpc) is 2.95. The second kappa shape index (κ2) is 5.55. The van der Waals surface area contributed by atoms with Crippen LogP contribution in [0, 0.1) is 6.92 Å². The number of anilines is 1. The van der Waals surface area contributed by atoms with Crippen LogP contribution < -0.4 is 11.1 Å². The maximum atomic E-state index is 12.0. The van der Waals surface area contributed by atoms with E-state index in [2.05, 4.69) is 15.5 Å². The number of carbonyl (C=O) groups excluding carboxylic acids is 1. The minimum atomic E-state index is -0.193. The maximum absolute atomic E-state index is 12.0. The molecular formula is C12H18N6O. The van der Waals surface area contributed by atoms with Crippen LogP contribution in [-0.2, 0) is 13.6 Å². The first-order valence-corrected chi connectivity index (χ1v) is 6.14. The smallest absolute Gasteiger partial charge is 0.271 e. The molecule has 0 saturated heterocycles. The molecule has 0 fully saturated rings. The Hall–Kier alpha value is -2.31. The first kappa shape index (κ1) is 13.1. The molecule has 2 aromatic heterocycles. The van der Waals surface area contributed by atoms with Crippen LogP contribution in [0.1, 0.15) is 22.6 Å².